The standard InChI is InChI=1S/C18H22N2O2S/c1-22-17(13-7-3-2-4-8-13)18(21)19-12-11-16-20-14-9-5-6-10-15(14)23-16/h2-4,7-8,17H,5-6,9-12H2,1H3,(H,19,21). The maximum Gasteiger partial charge on any atom is 0.253 e. The third-order valence-electron chi connectivity index (χ3n) is 4.10. The normalized spacial score (nSPS) is 15.0. The summed E-state index contributed by atoms with van der Waals surface area (Å²) in [6, 6.07) is 9.56. The predicted molar refractivity (Wildman–Crippen MR) is 91.7 cm³/mol. The van der Waals surface area contributed by atoms with Gasteiger partial charge in [-0.2, -0.15) is 0 Å². The van der Waals surface area contributed by atoms with E-state index in [4.69, 9.17) is 9.72 Å². The van der Waals surface area contributed by atoms with Gasteiger partial charge < -0.3 is 10.1 Å². The topological polar surface area (TPSA) is 51.2 Å². The zero-order valence-electron chi connectivity index (χ0n) is 13.4. The Morgan fingerprint density at radius 2 is 2.09 bits per heavy atom. The van der Waals surface area contributed by atoms with E-state index in [2.05, 4.69) is 5.32 Å². The fraction of sp³-hybridized carbons (Fsp3) is 0.444. The lowest BCUT2D eigenvalue weighted by Crippen LogP contribution is -2.31. The Morgan fingerprint density at radius 1 is 1.30 bits per heavy atom. The van der Waals surface area contributed by atoms with E-state index in [0.29, 0.717) is 6.54 Å². The number of thiazole rings is 1. The Balaban J connectivity index is 1.53. The number of amides is 1. The van der Waals surface area contributed by atoms with Gasteiger partial charge in [0.2, 0.25) is 0 Å². The predicted octanol–water partition coefficient (Wildman–Crippen LogP) is 3.07. The van der Waals surface area contributed by atoms with Crippen molar-refractivity contribution in [3.05, 3.63) is 51.5 Å². The molecule has 23 heavy (non-hydrogen) atoms. The molecule has 0 bridgehead atoms. The number of ether oxygens (including phenoxy) is 1. The van der Waals surface area contributed by atoms with E-state index in [-0.39, 0.29) is 5.91 Å². The fourth-order valence-corrected chi connectivity index (χ4v) is 4.08. The largest absolute Gasteiger partial charge is 0.367 e. The number of benzene rings is 1. The van der Waals surface area contributed by atoms with Gasteiger partial charge in [-0.25, -0.2) is 4.98 Å². The second kappa shape index (κ2) is 7.70. The lowest BCUT2D eigenvalue weighted by Gasteiger charge is -2.15. The first-order valence-electron chi connectivity index (χ1n) is 8.11. The summed E-state index contributed by atoms with van der Waals surface area (Å²) in [4.78, 5) is 18.5. The molecule has 1 aromatic heterocycles. The van der Waals surface area contributed by atoms with Crippen LogP contribution in [-0.4, -0.2) is 24.5 Å². The molecule has 2 aromatic rings. The number of fused-ring (bicyclic) bond motifs is 1. The molecular weight excluding hydrogens is 308 g/mol. The minimum Gasteiger partial charge on any atom is -0.367 e. The van der Waals surface area contributed by atoms with Gasteiger partial charge in [0, 0.05) is 25.0 Å². The molecule has 1 aromatic carbocycles. The summed E-state index contributed by atoms with van der Waals surface area (Å²) in [7, 11) is 1.56. The third-order valence-corrected chi connectivity index (χ3v) is 5.32. The lowest BCUT2D eigenvalue weighted by molar-refractivity contribution is -0.131. The summed E-state index contributed by atoms with van der Waals surface area (Å²) in [6.45, 7) is 0.595. The van der Waals surface area contributed by atoms with Crippen molar-refractivity contribution < 1.29 is 9.53 Å². The van der Waals surface area contributed by atoms with E-state index >= 15 is 0 Å². The van der Waals surface area contributed by atoms with Crippen molar-refractivity contribution >= 4 is 17.2 Å². The number of nitrogens with one attached hydrogen (secondary N) is 1. The Morgan fingerprint density at radius 3 is 2.83 bits per heavy atom. The van der Waals surface area contributed by atoms with Crippen molar-refractivity contribution in [3.63, 3.8) is 0 Å². The molecule has 0 aliphatic heterocycles. The van der Waals surface area contributed by atoms with Crippen LogP contribution in [-0.2, 0) is 28.8 Å². The minimum absolute atomic E-state index is 0.0972. The van der Waals surface area contributed by atoms with E-state index in [1.165, 1.54) is 29.8 Å². The second-order valence-electron chi connectivity index (χ2n) is 5.75. The zero-order valence-corrected chi connectivity index (χ0v) is 14.2. The average Bonchev–Trinajstić information content (AvgIpc) is 2.99. The number of aryl methyl sites for hydroxylation is 2. The number of methoxy groups -OCH3 is 1. The van der Waals surface area contributed by atoms with Gasteiger partial charge in [0.05, 0.1) is 10.7 Å². The van der Waals surface area contributed by atoms with Gasteiger partial charge in [-0.3, -0.25) is 4.79 Å². The molecule has 4 nitrogen and oxygen atoms in total. The maximum atomic E-state index is 12.3. The quantitative estimate of drug-likeness (QED) is 0.885. The van der Waals surface area contributed by atoms with Crippen LogP contribution in [0.1, 0.15) is 40.1 Å². The average molecular weight is 330 g/mol. The smallest absolute Gasteiger partial charge is 0.253 e. The van der Waals surface area contributed by atoms with Gasteiger partial charge >= 0.3 is 0 Å². The molecule has 0 radical (unpaired) electrons. The van der Waals surface area contributed by atoms with Crippen LogP contribution in [0.5, 0.6) is 0 Å². The minimum atomic E-state index is -0.555. The Kier molecular flexibility index (Phi) is 5.41. The van der Waals surface area contributed by atoms with Gasteiger partial charge in [0.1, 0.15) is 0 Å². The van der Waals surface area contributed by atoms with E-state index in [1.54, 1.807) is 18.4 Å². The summed E-state index contributed by atoms with van der Waals surface area (Å²) in [6.07, 6.45) is 5.03. The first kappa shape index (κ1) is 16.1. The SMILES string of the molecule is COC(C(=O)NCCc1nc2c(s1)CCCC2)c1ccccc1. The summed E-state index contributed by atoms with van der Waals surface area (Å²) in [5, 5.41) is 4.09. The monoisotopic (exact) mass is 330 g/mol. The van der Waals surface area contributed by atoms with Gasteiger partial charge in [-0.1, -0.05) is 30.3 Å². The number of aromatic nitrogens is 1. The summed E-state index contributed by atoms with van der Waals surface area (Å²) >= 11 is 1.80. The van der Waals surface area contributed by atoms with Gasteiger partial charge in [0.15, 0.2) is 6.10 Å². The first-order chi connectivity index (χ1) is 11.3. The molecule has 3 rings (SSSR count). The number of nitrogens with zero attached hydrogens (tertiary/aromatic N) is 1. The van der Waals surface area contributed by atoms with Crippen molar-refractivity contribution in [1.29, 1.82) is 0 Å². The molecule has 0 saturated carbocycles. The van der Waals surface area contributed by atoms with E-state index < -0.39 is 6.10 Å². The molecule has 0 spiro atoms. The third kappa shape index (κ3) is 3.98. The van der Waals surface area contributed by atoms with E-state index in [9.17, 15) is 4.79 Å². The first-order valence-corrected chi connectivity index (χ1v) is 8.92. The summed E-state index contributed by atoms with van der Waals surface area (Å²) in [5.74, 6) is -0.0972. The molecule has 1 heterocycles. The Labute approximate surface area is 140 Å². The fourth-order valence-electron chi connectivity index (χ4n) is 2.92. The highest BCUT2D eigenvalue weighted by Crippen LogP contribution is 2.26. The molecule has 1 unspecified atom stereocenters. The molecule has 0 fully saturated rings. The highest BCUT2D eigenvalue weighted by molar-refractivity contribution is 7.11. The summed E-state index contributed by atoms with van der Waals surface area (Å²) < 4.78 is 5.34. The van der Waals surface area contributed by atoms with Crippen LogP contribution in [0.4, 0.5) is 0 Å². The Hall–Kier alpha value is -1.72. The molecule has 1 aliphatic carbocycles. The van der Waals surface area contributed by atoms with Crippen molar-refractivity contribution in [2.75, 3.05) is 13.7 Å². The molecule has 1 aliphatic rings. The van der Waals surface area contributed by atoms with Crippen LogP contribution in [0.2, 0.25) is 0 Å². The van der Waals surface area contributed by atoms with Crippen molar-refractivity contribution in [2.24, 2.45) is 0 Å². The van der Waals surface area contributed by atoms with Crippen molar-refractivity contribution in [1.82, 2.24) is 10.3 Å². The molecular formula is C18H22N2O2S. The number of carbonyl (C=O) groups is 1. The van der Waals surface area contributed by atoms with Gasteiger partial charge in [-0.05, 0) is 31.2 Å². The Bertz CT molecular complexity index is 631. The number of rotatable bonds is 6. The van der Waals surface area contributed by atoms with Crippen LogP contribution < -0.4 is 5.32 Å². The molecule has 5 heteroatoms. The molecule has 1 atom stereocenters. The highest BCUT2D eigenvalue weighted by Gasteiger charge is 2.20. The second-order valence-corrected chi connectivity index (χ2v) is 6.92. The van der Waals surface area contributed by atoms with Crippen LogP contribution >= 0.6 is 11.3 Å². The van der Waals surface area contributed by atoms with Crippen molar-refractivity contribution in [2.45, 2.75) is 38.2 Å². The highest BCUT2D eigenvalue weighted by atomic mass is 32.1. The van der Waals surface area contributed by atoms with Crippen LogP contribution in [0, 0.1) is 0 Å². The molecule has 1 N–H and O–H groups in total. The maximum absolute atomic E-state index is 12.3. The van der Waals surface area contributed by atoms with Crippen LogP contribution in [0.15, 0.2) is 30.3 Å². The van der Waals surface area contributed by atoms with Gasteiger partial charge in [0.25, 0.3) is 5.91 Å². The molecule has 1 amide bonds. The lowest BCUT2D eigenvalue weighted by atomic mass is 10.0. The van der Waals surface area contributed by atoms with E-state index in [0.717, 1.165) is 23.4 Å². The molecule has 122 valence electrons. The van der Waals surface area contributed by atoms with Crippen molar-refractivity contribution in [3.8, 4) is 0 Å². The van der Waals surface area contributed by atoms with Gasteiger partial charge in [-0.15, -0.1) is 11.3 Å². The molecule has 0 saturated heterocycles. The van der Waals surface area contributed by atoms with Crippen LogP contribution in [0.25, 0.3) is 0 Å². The van der Waals surface area contributed by atoms with Crippen LogP contribution in [0.3, 0.4) is 0 Å². The number of hydrogen-bond donors (Lipinski definition) is 1. The number of carbonyl (C=O) groups excluding carboxylic acids is 1. The number of hydrogen-bond acceptors (Lipinski definition) is 4. The van der Waals surface area contributed by atoms with E-state index in [1.807, 2.05) is 30.3 Å². The zero-order chi connectivity index (χ0) is 16.1. The summed E-state index contributed by atoms with van der Waals surface area (Å²) in [5.41, 5.74) is 2.15.